The van der Waals surface area contributed by atoms with Crippen LogP contribution in [0.1, 0.15) is 12.6 Å². The molecule has 0 amide bonds. The first-order valence-electron chi connectivity index (χ1n) is 5.72. The van der Waals surface area contributed by atoms with E-state index < -0.39 is 23.4 Å². The van der Waals surface area contributed by atoms with Crippen molar-refractivity contribution in [3.05, 3.63) is 23.5 Å². The molecule has 0 bridgehead atoms. The van der Waals surface area contributed by atoms with Crippen LogP contribution in [0.25, 0.3) is 0 Å². The fourth-order valence-electron chi connectivity index (χ4n) is 1.89. The fourth-order valence-corrected chi connectivity index (χ4v) is 1.89. The zero-order valence-electron chi connectivity index (χ0n) is 10.7. The first-order chi connectivity index (χ1) is 9.21. The van der Waals surface area contributed by atoms with Crippen molar-refractivity contribution in [1.29, 1.82) is 0 Å². The van der Waals surface area contributed by atoms with E-state index in [1.54, 1.807) is 0 Å². The van der Waals surface area contributed by atoms with Crippen molar-refractivity contribution in [2.75, 3.05) is 11.9 Å². The number of alkyl halides is 3. The summed E-state index contributed by atoms with van der Waals surface area (Å²) in [6.07, 6.45) is -4.36. The average molecular weight is 291 g/mol. The van der Waals surface area contributed by atoms with Crippen LogP contribution in [-0.4, -0.2) is 33.6 Å². The molecule has 110 valence electrons. The molecule has 0 aromatic carbocycles. The van der Waals surface area contributed by atoms with Crippen molar-refractivity contribution in [2.45, 2.75) is 25.7 Å². The molecular formula is C11H12F3N3O3. The third-order valence-electron chi connectivity index (χ3n) is 2.77. The predicted octanol–water partition coefficient (Wildman–Crippen LogP) is 1.27. The van der Waals surface area contributed by atoms with Gasteiger partial charge >= 0.3 is 12.1 Å². The van der Waals surface area contributed by atoms with Gasteiger partial charge in [-0.3, -0.25) is 0 Å². The summed E-state index contributed by atoms with van der Waals surface area (Å²) < 4.78 is 44.7. The average Bonchev–Trinajstić information content (AvgIpc) is 2.70. The summed E-state index contributed by atoms with van der Waals surface area (Å²) in [5.74, 6) is -1.34. The first kappa shape index (κ1) is 14.4. The highest BCUT2D eigenvalue weighted by Crippen LogP contribution is 2.44. The minimum Gasteiger partial charge on any atom is -0.462 e. The molecule has 1 aromatic heterocycles. The Balaban J connectivity index is 2.59. The number of anilines is 1. The van der Waals surface area contributed by atoms with Crippen LogP contribution in [0, 0.1) is 6.92 Å². The molecule has 1 unspecified atom stereocenters. The van der Waals surface area contributed by atoms with E-state index in [4.69, 9.17) is 0 Å². The zero-order valence-corrected chi connectivity index (χ0v) is 10.7. The van der Waals surface area contributed by atoms with Crippen molar-refractivity contribution >= 4 is 11.8 Å². The Bertz CT molecular complexity index is 579. The second-order valence-electron chi connectivity index (χ2n) is 4.18. The molecule has 0 aliphatic carbocycles. The highest BCUT2D eigenvalue weighted by Gasteiger charge is 2.63. The third-order valence-corrected chi connectivity index (χ3v) is 2.77. The van der Waals surface area contributed by atoms with Crippen LogP contribution in [0.5, 0.6) is 0 Å². The number of hydrogen-bond donors (Lipinski definition) is 2. The fraction of sp³-hybridized carbons (Fsp3) is 0.455. The Labute approximate surface area is 111 Å². The second kappa shape index (κ2) is 4.51. The minimum atomic E-state index is -5.14. The number of aliphatic hydroxyl groups is 1. The zero-order chi connectivity index (χ0) is 15.1. The van der Waals surface area contributed by atoms with Crippen LogP contribution < -0.4 is 5.32 Å². The number of rotatable bonds is 2. The van der Waals surface area contributed by atoms with E-state index in [9.17, 15) is 23.1 Å². The summed E-state index contributed by atoms with van der Waals surface area (Å²) in [7, 11) is 0. The molecule has 0 saturated heterocycles. The Hall–Kier alpha value is -2.03. The Morgan fingerprint density at radius 1 is 1.60 bits per heavy atom. The van der Waals surface area contributed by atoms with Gasteiger partial charge in [-0.05, 0) is 13.8 Å². The molecule has 1 atom stereocenters. The van der Waals surface area contributed by atoms with Gasteiger partial charge in [0, 0.05) is 12.3 Å². The van der Waals surface area contributed by atoms with E-state index in [1.165, 1.54) is 19.9 Å². The molecular weight excluding hydrogens is 279 g/mol. The number of carbonyl (C=O) groups is 1. The van der Waals surface area contributed by atoms with E-state index in [2.05, 4.69) is 15.2 Å². The molecule has 9 heteroatoms. The van der Waals surface area contributed by atoms with Gasteiger partial charge in [-0.15, -0.1) is 0 Å². The van der Waals surface area contributed by atoms with Gasteiger partial charge in [0.05, 0.1) is 12.3 Å². The molecule has 0 saturated carbocycles. The molecule has 2 heterocycles. The summed E-state index contributed by atoms with van der Waals surface area (Å²) in [5.41, 5.74) is -4.27. The highest BCUT2D eigenvalue weighted by molar-refractivity contribution is 5.91. The highest BCUT2D eigenvalue weighted by atomic mass is 19.4. The van der Waals surface area contributed by atoms with Crippen LogP contribution >= 0.6 is 0 Å². The second-order valence-corrected chi connectivity index (χ2v) is 4.18. The maximum absolute atomic E-state index is 13.3. The van der Waals surface area contributed by atoms with E-state index in [1.807, 2.05) is 0 Å². The van der Waals surface area contributed by atoms with Crippen molar-refractivity contribution in [3.63, 3.8) is 0 Å². The number of ether oxygens (including phenoxy) is 1. The number of hydrogen-bond acceptors (Lipinski definition) is 5. The van der Waals surface area contributed by atoms with E-state index >= 15 is 0 Å². The number of halogens is 3. The Morgan fingerprint density at radius 3 is 2.80 bits per heavy atom. The summed E-state index contributed by atoms with van der Waals surface area (Å²) in [6.45, 7) is 2.80. The summed E-state index contributed by atoms with van der Waals surface area (Å²) in [4.78, 5) is 11.6. The number of aryl methyl sites for hydroxylation is 1. The molecule has 1 aromatic rings. The number of fused-ring (bicyclic) bond motifs is 1. The lowest BCUT2D eigenvalue weighted by Gasteiger charge is -2.35. The number of nitrogens with one attached hydrogen (secondary N) is 1. The van der Waals surface area contributed by atoms with E-state index in [0.717, 1.165) is 6.20 Å². The number of esters is 1. The Morgan fingerprint density at radius 2 is 2.25 bits per heavy atom. The van der Waals surface area contributed by atoms with Crippen LogP contribution in [0.2, 0.25) is 0 Å². The van der Waals surface area contributed by atoms with E-state index in [0.29, 0.717) is 4.68 Å². The van der Waals surface area contributed by atoms with Gasteiger partial charge in [-0.1, -0.05) is 0 Å². The van der Waals surface area contributed by atoms with E-state index in [-0.39, 0.29) is 18.1 Å². The van der Waals surface area contributed by atoms with Gasteiger partial charge < -0.3 is 15.2 Å². The summed E-state index contributed by atoms with van der Waals surface area (Å²) in [6, 6.07) is 1.31. The smallest absolute Gasteiger partial charge is 0.443 e. The molecule has 0 fully saturated rings. The van der Waals surface area contributed by atoms with Crippen molar-refractivity contribution in [2.24, 2.45) is 0 Å². The van der Waals surface area contributed by atoms with Crippen LogP contribution in [-0.2, 0) is 15.3 Å². The SMILES string of the molecule is CCOC(=O)C1=CNc2cc(C)nn2C1(O)C(F)(F)F. The standard InChI is InChI=1S/C11H12F3N3O3/c1-3-20-9(18)7-5-15-8-4-6(2)16-17(8)10(7,19)11(12,13)14/h4-5,15,19H,3H2,1-2H3. The quantitative estimate of drug-likeness (QED) is 0.803. The summed E-state index contributed by atoms with van der Waals surface area (Å²) in [5, 5.41) is 16.2. The predicted molar refractivity (Wildman–Crippen MR) is 61.6 cm³/mol. The molecule has 0 radical (unpaired) electrons. The van der Waals surface area contributed by atoms with Gasteiger partial charge in [0.2, 0.25) is 0 Å². The van der Waals surface area contributed by atoms with Crippen LogP contribution in [0.4, 0.5) is 19.0 Å². The normalized spacial score (nSPS) is 21.8. The largest absolute Gasteiger partial charge is 0.462 e. The monoisotopic (exact) mass is 291 g/mol. The third kappa shape index (κ3) is 1.94. The maximum atomic E-state index is 13.3. The molecule has 2 N–H and O–H groups in total. The molecule has 2 rings (SSSR count). The summed E-state index contributed by atoms with van der Waals surface area (Å²) >= 11 is 0. The molecule has 20 heavy (non-hydrogen) atoms. The van der Waals surface area contributed by atoms with Gasteiger partial charge in [0.1, 0.15) is 11.4 Å². The molecule has 1 aliphatic heterocycles. The van der Waals surface area contributed by atoms with Crippen molar-refractivity contribution < 1.29 is 27.8 Å². The molecule has 6 nitrogen and oxygen atoms in total. The van der Waals surface area contributed by atoms with Crippen LogP contribution in [0.15, 0.2) is 17.8 Å². The minimum absolute atomic E-state index is 0.0737. The lowest BCUT2D eigenvalue weighted by molar-refractivity contribution is -0.285. The number of carbonyl (C=O) groups excluding carboxylic acids is 1. The van der Waals surface area contributed by atoms with Crippen molar-refractivity contribution in [3.8, 4) is 0 Å². The number of aromatic nitrogens is 2. The van der Waals surface area contributed by atoms with Gasteiger partial charge in [0.15, 0.2) is 0 Å². The lowest BCUT2D eigenvalue weighted by atomic mass is 10.0. The van der Waals surface area contributed by atoms with Gasteiger partial charge in [-0.25, -0.2) is 9.48 Å². The van der Waals surface area contributed by atoms with Crippen molar-refractivity contribution in [1.82, 2.24) is 9.78 Å². The molecule has 1 aliphatic rings. The maximum Gasteiger partial charge on any atom is 0.443 e. The lowest BCUT2D eigenvalue weighted by Crippen LogP contribution is -2.53. The topological polar surface area (TPSA) is 76.4 Å². The van der Waals surface area contributed by atoms with Gasteiger partial charge in [-0.2, -0.15) is 18.3 Å². The molecule has 0 spiro atoms. The van der Waals surface area contributed by atoms with Crippen LogP contribution in [0.3, 0.4) is 0 Å². The first-order valence-corrected chi connectivity index (χ1v) is 5.72. The number of nitrogens with zero attached hydrogens (tertiary/aromatic N) is 2. The Kier molecular flexibility index (Phi) is 3.24. The van der Waals surface area contributed by atoms with Gasteiger partial charge in [0.25, 0.3) is 5.72 Å².